The molecular weight excluding hydrogens is 336 g/mol. The molecule has 0 aromatic heterocycles. The molecule has 3 atom stereocenters. The molecule has 25 heavy (non-hydrogen) atoms. The zero-order chi connectivity index (χ0) is 16.8. The Labute approximate surface area is 158 Å². The van der Waals surface area contributed by atoms with E-state index in [1.165, 1.54) is 24.8 Å². The van der Waals surface area contributed by atoms with E-state index < -0.39 is 0 Å². The average molecular weight is 369 g/mol. The van der Waals surface area contributed by atoms with Crippen molar-refractivity contribution in [1.29, 1.82) is 0 Å². The van der Waals surface area contributed by atoms with Gasteiger partial charge in [0, 0.05) is 25.2 Å². The normalized spacial score (nSPS) is 26.4. The van der Waals surface area contributed by atoms with Gasteiger partial charge in [0.25, 0.3) is 0 Å². The maximum Gasteiger partial charge on any atom is 0.122 e. The van der Waals surface area contributed by atoms with E-state index in [2.05, 4.69) is 48.7 Å². The van der Waals surface area contributed by atoms with Crippen molar-refractivity contribution in [2.45, 2.75) is 51.1 Å². The van der Waals surface area contributed by atoms with Crippen LogP contribution in [0.2, 0.25) is 0 Å². The topological polar surface area (TPSA) is 42.5 Å². The molecule has 0 radical (unpaired) electrons. The number of nitrogens with one attached hydrogen (secondary N) is 2. The monoisotopic (exact) mass is 368 g/mol. The van der Waals surface area contributed by atoms with Gasteiger partial charge in [-0.3, -0.25) is 0 Å². The zero-order valence-corrected chi connectivity index (χ0v) is 16.3. The molecule has 1 aliphatic heterocycles. The number of morpholine rings is 1. The Morgan fingerprint density at radius 1 is 1.28 bits per heavy atom. The quantitative estimate of drug-likeness (QED) is 0.724. The molecule has 1 saturated carbocycles. The van der Waals surface area contributed by atoms with Gasteiger partial charge in [0.1, 0.15) is 12.4 Å². The number of benzene rings is 1. The van der Waals surface area contributed by atoms with Gasteiger partial charge in [-0.2, -0.15) is 0 Å². The third-order valence-corrected chi connectivity index (χ3v) is 5.34. The van der Waals surface area contributed by atoms with Crippen molar-refractivity contribution in [3.8, 4) is 5.75 Å². The average Bonchev–Trinajstić information content (AvgIpc) is 3.08. The number of rotatable bonds is 7. The molecule has 1 aliphatic carbocycles. The Morgan fingerprint density at radius 3 is 2.88 bits per heavy atom. The first-order valence-electron chi connectivity index (χ1n) is 9.52. The lowest BCUT2D eigenvalue weighted by molar-refractivity contribution is 0.0523. The molecule has 1 aromatic carbocycles. The molecule has 1 heterocycles. The molecule has 2 aliphatic rings. The Balaban J connectivity index is 0.00000225. The van der Waals surface area contributed by atoms with Crippen LogP contribution in [0.3, 0.4) is 0 Å². The maximum absolute atomic E-state index is 6.04. The van der Waals surface area contributed by atoms with Gasteiger partial charge in [-0.1, -0.05) is 38.5 Å². The van der Waals surface area contributed by atoms with Crippen LogP contribution in [0.4, 0.5) is 0 Å². The van der Waals surface area contributed by atoms with Gasteiger partial charge >= 0.3 is 0 Å². The van der Waals surface area contributed by atoms with Gasteiger partial charge in [-0.05, 0) is 36.3 Å². The predicted molar refractivity (Wildman–Crippen MR) is 105 cm³/mol. The van der Waals surface area contributed by atoms with E-state index in [0.717, 1.165) is 38.7 Å². The highest BCUT2D eigenvalue weighted by atomic mass is 35.5. The third kappa shape index (κ3) is 5.58. The van der Waals surface area contributed by atoms with Crippen LogP contribution < -0.4 is 15.4 Å². The van der Waals surface area contributed by atoms with Crippen LogP contribution in [0.5, 0.6) is 5.75 Å². The molecule has 3 rings (SSSR count). The third-order valence-electron chi connectivity index (χ3n) is 5.34. The van der Waals surface area contributed by atoms with Crippen LogP contribution in [-0.2, 0) is 4.74 Å². The molecular formula is C20H33ClN2O2. The van der Waals surface area contributed by atoms with Gasteiger partial charge < -0.3 is 20.1 Å². The summed E-state index contributed by atoms with van der Waals surface area (Å²) in [4.78, 5) is 0. The molecule has 0 bridgehead atoms. The standard InChI is InChI=1S/C20H32N2O2.ClH/c1-15(2)16-6-3-4-9-20(16)24-13-11-21-18-8-5-7-17(18)19-14-23-12-10-22-19;/h3-4,6,9,15,17-19,21-22H,5,7-8,10-14H2,1-2H3;1H. The Kier molecular flexibility index (Phi) is 8.50. The summed E-state index contributed by atoms with van der Waals surface area (Å²) in [5.74, 6) is 2.21. The maximum atomic E-state index is 6.04. The number of para-hydroxylation sites is 1. The summed E-state index contributed by atoms with van der Waals surface area (Å²) in [6.45, 7) is 8.75. The van der Waals surface area contributed by atoms with E-state index in [1.54, 1.807) is 0 Å². The van der Waals surface area contributed by atoms with Gasteiger partial charge in [-0.15, -0.1) is 12.4 Å². The summed E-state index contributed by atoms with van der Waals surface area (Å²) in [7, 11) is 0. The second-order valence-corrected chi connectivity index (χ2v) is 7.33. The van der Waals surface area contributed by atoms with E-state index in [1.807, 2.05) is 0 Å². The van der Waals surface area contributed by atoms with Gasteiger partial charge in [0.2, 0.25) is 0 Å². The molecule has 0 amide bonds. The van der Waals surface area contributed by atoms with Gasteiger partial charge in [0.15, 0.2) is 0 Å². The van der Waals surface area contributed by atoms with E-state index in [4.69, 9.17) is 9.47 Å². The summed E-state index contributed by atoms with van der Waals surface area (Å²) in [6.07, 6.45) is 3.89. The van der Waals surface area contributed by atoms with Crippen LogP contribution in [0.15, 0.2) is 24.3 Å². The number of hydrogen-bond acceptors (Lipinski definition) is 4. The first-order chi connectivity index (χ1) is 11.8. The van der Waals surface area contributed by atoms with Crippen LogP contribution >= 0.6 is 12.4 Å². The lowest BCUT2D eigenvalue weighted by atomic mass is 9.94. The summed E-state index contributed by atoms with van der Waals surface area (Å²) in [5.41, 5.74) is 1.29. The molecule has 4 nitrogen and oxygen atoms in total. The van der Waals surface area contributed by atoms with Crippen molar-refractivity contribution in [2.24, 2.45) is 5.92 Å². The van der Waals surface area contributed by atoms with Crippen molar-refractivity contribution in [3.63, 3.8) is 0 Å². The van der Waals surface area contributed by atoms with Crippen LogP contribution in [0.1, 0.15) is 44.6 Å². The van der Waals surface area contributed by atoms with Gasteiger partial charge in [-0.25, -0.2) is 0 Å². The van der Waals surface area contributed by atoms with Crippen LogP contribution in [0, 0.1) is 5.92 Å². The van der Waals surface area contributed by atoms with Crippen molar-refractivity contribution < 1.29 is 9.47 Å². The lowest BCUT2D eigenvalue weighted by Crippen LogP contribution is -2.51. The van der Waals surface area contributed by atoms with E-state index in [0.29, 0.717) is 23.9 Å². The molecule has 2 N–H and O–H groups in total. The second kappa shape index (κ2) is 10.4. The molecule has 142 valence electrons. The fourth-order valence-corrected chi connectivity index (χ4v) is 4.08. The van der Waals surface area contributed by atoms with Gasteiger partial charge in [0.05, 0.1) is 13.2 Å². The minimum atomic E-state index is 0. The highest BCUT2D eigenvalue weighted by Gasteiger charge is 2.34. The summed E-state index contributed by atoms with van der Waals surface area (Å²) in [6, 6.07) is 9.49. The van der Waals surface area contributed by atoms with E-state index in [9.17, 15) is 0 Å². The van der Waals surface area contributed by atoms with Crippen LogP contribution in [0.25, 0.3) is 0 Å². The van der Waals surface area contributed by atoms with Crippen molar-refractivity contribution in [1.82, 2.24) is 10.6 Å². The van der Waals surface area contributed by atoms with Crippen molar-refractivity contribution in [2.75, 3.05) is 32.9 Å². The first kappa shape index (κ1) is 20.5. The molecule has 2 fully saturated rings. The Morgan fingerprint density at radius 2 is 2.12 bits per heavy atom. The highest BCUT2D eigenvalue weighted by molar-refractivity contribution is 5.85. The summed E-state index contributed by atoms with van der Waals surface area (Å²) >= 11 is 0. The van der Waals surface area contributed by atoms with Crippen molar-refractivity contribution in [3.05, 3.63) is 29.8 Å². The predicted octanol–water partition coefficient (Wildman–Crippen LogP) is 3.36. The highest BCUT2D eigenvalue weighted by Crippen LogP contribution is 2.29. The van der Waals surface area contributed by atoms with Crippen LogP contribution in [-0.4, -0.2) is 45.0 Å². The summed E-state index contributed by atoms with van der Waals surface area (Å²) in [5, 5.41) is 7.36. The second-order valence-electron chi connectivity index (χ2n) is 7.33. The number of hydrogen-bond donors (Lipinski definition) is 2. The van der Waals surface area contributed by atoms with Crippen molar-refractivity contribution >= 4 is 12.4 Å². The molecule has 3 unspecified atom stereocenters. The SMILES string of the molecule is CC(C)c1ccccc1OCCNC1CCCC1C1COCCN1.Cl. The fourth-order valence-electron chi connectivity index (χ4n) is 4.08. The molecule has 1 aromatic rings. The molecule has 5 heteroatoms. The Bertz CT molecular complexity index is 506. The number of halogens is 1. The van der Waals surface area contributed by atoms with E-state index >= 15 is 0 Å². The first-order valence-corrected chi connectivity index (χ1v) is 9.52. The lowest BCUT2D eigenvalue weighted by Gasteiger charge is -2.33. The summed E-state index contributed by atoms with van der Waals surface area (Å²) < 4.78 is 11.7. The fraction of sp³-hybridized carbons (Fsp3) is 0.700. The molecule has 1 saturated heterocycles. The zero-order valence-electron chi connectivity index (χ0n) is 15.5. The Hall–Kier alpha value is -0.810. The smallest absolute Gasteiger partial charge is 0.122 e. The largest absolute Gasteiger partial charge is 0.492 e. The minimum Gasteiger partial charge on any atom is -0.492 e. The minimum absolute atomic E-state index is 0. The number of ether oxygens (including phenoxy) is 2. The molecule has 0 spiro atoms. The van der Waals surface area contributed by atoms with E-state index in [-0.39, 0.29) is 12.4 Å².